The zero-order valence-electron chi connectivity index (χ0n) is 13.7. The molecule has 1 aliphatic heterocycles. The van der Waals surface area contributed by atoms with Crippen molar-refractivity contribution in [2.45, 2.75) is 6.54 Å². The van der Waals surface area contributed by atoms with Crippen molar-refractivity contribution in [2.75, 3.05) is 37.6 Å². The minimum Gasteiger partial charge on any atom is -0.367 e. The SMILES string of the molecule is N#Cc1c(F)cccc1N1CCN(C(=O)NCCn2ccnc2)CC1. The summed E-state index contributed by atoms with van der Waals surface area (Å²) in [7, 11) is 0. The third kappa shape index (κ3) is 3.88. The molecule has 2 heterocycles. The molecule has 1 aromatic carbocycles. The van der Waals surface area contributed by atoms with Gasteiger partial charge in [-0.15, -0.1) is 0 Å². The molecule has 1 fully saturated rings. The minimum absolute atomic E-state index is 0.0562. The molecule has 2 amide bonds. The zero-order chi connectivity index (χ0) is 17.6. The van der Waals surface area contributed by atoms with E-state index in [1.807, 2.05) is 21.7 Å². The van der Waals surface area contributed by atoms with E-state index in [-0.39, 0.29) is 11.6 Å². The van der Waals surface area contributed by atoms with Crippen LogP contribution in [0, 0.1) is 17.1 Å². The molecule has 1 aromatic heterocycles. The van der Waals surface area contributed by atoms with Gasteiger partial charge in [-0.3, -0.25) is 0 Å². The fourth-order valence-corrected chi connectivity index (χ4v) is 2.86. The number of halogens is 1. The molecular weight excluding hydrogens is 323 g/mol. The van der Waals surface area contributed by atoms with Gasteiger partial charge in [-0.25, -0.2) is 14.2 Å². The first-order chi connectivity index (χ1) is 12.2. The van der Waals surface area contributed by atoms with Gasteiger partial charge in [0.05, 0.1) is 12.0 Å². The number of aromatic nitrogens is 2. The quantitative estimate of drug-likeness (QED) is 0.912. The minimum atomic E-state index is -0.514. The van der Waals surface area contributed by atoms with Gasteiger partial charge in [-0.1, -0.05) is 6.07 Å². The number of carbonyl (C=O) groups is 1. The third-order valence-electron chi connectivity index (χ3n) is 4.22. The van der Waals surface area contributed by atoms with E-state index in [2.05, 4.69) is 10.3 Å². The largest absolute Gasteiger partial charge is 0.367 e. The van der Waals surface area contributed by atoms with Crippen molar-refractivity contribution in [2.24, 2.45) is 0 Å². The smallest absolute Gasteiger partial charge is 0.317 e. The van der Waals surface area contributed by atoms with Crippen molar-refractivity contribution in [3.05, 3.63) is 48.3 Å². The van der Waals surface area contributed by atoms with E-state index < -0.39 is 5.82 Å². The Morgan fingerprint density at radius 1 is 1.32 bits per heavy atom. The molecule has 130 valence electrons. The molecule has 0 spiro atoms. The molecule has 3 rings (SSSR count). The van der Waals surface area contributed by atoms with E-state index in [1.165, 1.54) is 6.07 Å². The summed E-state index contributed by atoms with van der Waals surface area (Å²) in [6.07, 6.45) is 5.25. The second kappa shape index (κ2) is 7.66. The highest BCUT2D eigenvalue weighted by Gasteiger charge is 2.23. The summed E-state index contributed by atoms with van der Waals surface area (Å²) in [4.78, 5) is 19.8. The Balaban J connectivity index is 1.51. The van der Waals surface area contributed by atoms with Gasteiger partial charge in [0.1, 0.15) is 17.4 Å². The van der Waals surface area contributed by atoms with Crippen molar-refractivity contribution in [3.8, 4) is 6.07 Å². The monoisotopic (exact) mass is 342 g/mol. The van der Waals surface area contributed by atoms with E-state index in [0.29, 0.717) is 45.0 Å². The van der Waals surface area contributed by atoms with Gasteiger partial charge < -0.3 is 19.7 Å². The predicted molar refractivity (Wildman–Crippen MR) is 90.5 cm³/mol. The van der Waals surface area contributed by atoms with Crippen molar-refractivity contribution in [1.29, 1.82) is 5.26 Å². The lowest BCUT2D eigenvalue weighted by Crippen LogP contribution is -2.52. The fraction of sp³-hybridized carbons (Fsp3) is 0.353. The van der Waals surface area contributed by atoms with Crippen molar-refractivity contribution < 1.29 is 9.18 Å². The number of nitrogens with zero attached hydrogens (tertiary/aromatic N) is 5. The van der Waals surface area contributed by atoms with Gasteiger partial charge in [-0.2, -0.15) is 5.26 Å². The van der Waals surface area contributed by atoms with E-state index in [0.717, 1.165) is 0 Å². The lowest BCUT2D eigenvalue weighted by atomic mass is 10.1. The Morgan fingerprint density at radius 3 is 2.80 bits per heavy atom. The Bertz CT molecular complexity index is 762. The van der Waals surface area contributed by atoms with Gasteiger partial charge in [0.25, 0.3) is 0 Å². The summed E-state index contributed by atoms with van der Waals surface area (Å²) < 4.78 is 15.6. The standard InChI is InChI=1S/C17H19FN6O/c18-15-2-1-3-16(14(15)12-19)23-8-10-24(11-9-23)17(25)21-5-7-22-6-4-20-13-22/h1-4,6,13H,5,7-11H2,(H,21,25). The summed E-state index contributed by atoms with van der Waals surface area (Å²) in [6, 6.07) is 6.43. The van der Waals surface area contributed by atoms with Gasteiger partial charge in [0, 0.05) is 51.7 Å². The molecule has 0 saturated carbocycles. The maximum atomic E-state index is 13.7. The van der Waals surface area contributed by atoms with Crippen molar-refractivity contribution in [3.63, 3.8) is 0 Å². The zero-order valence-corrected chi connectivity index (χ0v) is 13.7. The first kappa shape index (κ1) is 16.8. The summed E-state index contributed by atoms with van der Waals surface area (Å²) in [6.45, 7) is 3.37. The summed E-state index contributed by atoms with van der Waals surface area (Å²) in [5, 5.41) is 12.0. The van der Waals surface area contributed by atoms with Crippen LogP contribution in [0.5, 0.6) is 0 Å². The summed E-state index contributed by atoms with van der Waals surface area (Å²) >= 11 is 0. The molecule has 1 saturated heterocycles. The number of hydrogen-bond donors (Lipinski definition) is 1. The average molecular weight is 342 g/mol. The second-order valence-corrected chi connectivity index (χ2v) is 5.75. The van der Waals surface area contributed by atoms with Crippen LogP contribution in [0.1, 0.15) is 5.56 Å². The molecule has 7 nitrogen and oxygen atoms in total. The normalized spacial score (nSPS) is 14.2. The highest BCUT2D eigenvalue weighted by atomic mass is 19.1. The van der Waals surface area contributed by atoms with Crippen LogP contribution in [0.4, 0.5) is 14.9 Å². The predicted octanol–water partition coefficient (Wildman–Crippen LogP) is 1.43. The topological polar surface area (TPSA) is 77.2 Å². The number of urea groups is 1. The number of benzene rings is 1. The van der Waals surface area contributed by atoms with Gasteiger partial charge in [0.2, 0.25) is 0 Å². The molecule has 8 heteroatoms. The molecule has 2 aromatic rings. The number of rotatable bonds is 4. The number of amides is 2. The maximum absolute atomic E-state index is 13.7. The van der Waals surface area contributed by atoms with Crippen LogP contribution >= 0.6 is 0 Å². The van der Waals surface area contributed by atoms with Crippen LogP contribution in [-0.4, -0.2) is 53.2 Å². The molecule has 0 bridgehead atoms. The fourth-order valence-electron chi connectivity index (χ4n) is 2.86. The molecule has 0 radical (unpaired) electrons. The van der Waals surface area contributed by atoms with Crippen LogP contribution in [0.3, 0.4) is 0 Å². The van der Waals surface area contributed by atoms with Crippen molar-refractivity contribution in [1.82, 2.24) is 19.8 Å². The van der Waals surface area contributed by atoms with Crippen molar-refractivity contribution >= 4 is 11.7 Å². The lowest BCUT2D eigenvalue weighted by molar-refractivity contribution is 0.194. The molecule has 25 heavy (non-hydrogen) atoms. The van der Waals surface area contributed by atoms with Gasteiger partial charge in [0.15, 0.2) is 0 Å². The molecule has 1 N–H and O–H groups in total. The van der Waals surface area contributed by atoms with Crippen LogP contribution in [-0.2, 0) is 6.54 Å². The Labute approximate surface area is 145 Å². The Hall–Kier alpha value is -3.08. The molecular formula is C17H19FN6O. The third-order valence-corrected chi connectivity index (χ3v) is 4.22. The van der Waals surface area contributed by atoms with Gasteiger partial charge in [-0.05, 0) is 12.1 Å². The van der Waals surface area contributed by atoms with Crippen LogP contribution in [0.15, 0.2) is 36.9 Å². The molecule has 1 aliphatic rings. The molecule has 0 aliphatic carbocycles. The summed E-state index contributed by atoms with van der Waals surface area (Å²) in [5.74, 6) is -0.514. The van der Waals surface area contributed by atoms with E-state index in [9.17, 15) is 9.18 Å². The lowest BCUT2D eigenvalue weighted by Gasteiger charge is -2.36. The van der Waals surface area contributed by atoms with Gasteiger partial charge >= 0.3 is 6.03 Å². The highest BCUT2D eigenvalue weighted by molar-refractivity contribution is 5.74. The second-order valence-electron chi connectivity index (χ2n) is 5.75. The highest BCUT2D eigenvalue weighted by Crippen LogP contribution is 2.23. The number of carbonyl (C=O) groups excluding carboxylic acids is 1. The average Bonchev–Trinajstić information content (AvgIpc) is 3.15. The van der Waals surface area contributed by atoms with Crippen LogP contribution in [0.2, 0.25) is 0 Å². The number of piperazine rings is 1. The number of anilines is 1. The van der Waals surface area contributed by atoms with E-state index in [4.69, 9.17) is 5.26 Å². The molecule has 0 atom stereocenters. The number of hydrogen-bond acceptors (Lipinski definition) is 4. The first-order valence-corrected chi connectivity index (χ1v) is 8.11. The maximum Gasteiger partial charge on any atom is 0.317 e. The van der Waals surface area contributed by atoms with Crippen LogP contribution < -0.4 is 10.2 Å². The number of imidazole rings is 1. The van der Waals surface area contributed by atoms with Crippen LogP contribution in [0.25, 0.3) is 0 Å². The molecule has 0 unspecified atom stereocenters. The van der Waals surface area contributed by atoms with E-state index in [1.54, 1.807) is 29.6 Å². The summed E-state index contributed by atoms with van der Waals surface area (Å²) in [5.41, 5.74) is 0.642. The number of nitriles is 1. The number of nitrogens with one attached hydrogen (secondary N) is 1. The Morgan fingerprint density at radius 2 is 2.12 bits per heavy atom. The Kier molecular flexibility index (Phi) is 5.14. The van der Waals surface area contributed by atoms with E-state index >= 15 is 0 Å². The first-order valence-electron chi connectivity index (χ1n) is 8.11.